The molecule has 0 spiro atoms. The molecule has 0 unspecified atom stereocenters. The largest absolute Gasteiger partial charge is 0.384 e. The number of aromatic nitrogens is 1. The van der Waals surface area contributed by atoms with E-state index in [2.05, 4.69) is 9.88 Å². The molecule has 1 fully saturated rings. The predicted octanol–water partition coefficient (Wildman–Crippen LogP) is 1.36. The molecule has 2 heterocycles. The molecule has 4 nitrogen and oxygen atoms in total. The van der Waals surface area contributed by atoms with Crippen molar-refractivity contribution in [2.45, 2.75) is 19.3 Å². The fourth-order valence-corrected chi connectivity index (χ4v) is 1.86. The molecule has 0 aromatic carbocycles. The molecule has 15 heavy (non-hydrogen) atoms. The second kappa shape index (κ2) is 4.29. The first-order chi connectivity index (χ1) is 7.27. The number of nitrogens with two attached hydrogens (primary N) is 1. The maximum atomic E-state index is 7.27. The second-order valence-electron chi connectivity index (χ2n) is 3.87. The van der Waals surface area contributed by atoms with Gasteiger partial charge in [-0.05, 0) is 31.4 Å². The standard InChI is InChI=1S/C11H16N4/c12-11(13)9-4-5-10(14-8-9)15-6-2-1-3-7-15/h4-5,8H,1-3,6-7H2,(H3,12,13). The Kier molecular flexibility index (Phi) is 2.85. The molecule has 0 radical (unpaired) electrons. The third kappa shape index (κ3) is 2.26. The highest BCUT2D eigenvalue weighted by molar-refractivity contribution is 5.94. The number of rotatable bonds is 2. The lowest BCUT2D eigenvalue weighted by Gasteiger charge is -2.27. The van der Waals surface area contributed by atoms with E-state index in [4.69, 9.17) is 11.1 Å². The molecule has 1 saturated heterocycles. The molecular weight excluding hydrogens is 188 g/mol. The van der Waals surface area contributed by atoms with Crippen LogP contribution in [-0.2, 0) is 0 Å². The Balaban J connectivity index is 2.11. The first-order valence-electron chi connectivity index (χ1n) is 5.33. The van der Waals surface area contributed by atoms with Crippen molar-refractivity contribution in [3.63, 3.8) is 0 Å². The minimum absolute atomic E-state index is 0.0766. The Morgan fingerprint density at radius 1 is 1.27 bits per heavy atom. The van der Waals surface area contributed by atoms with E-state index >= 15 is 0 Å². The molecule has 0 saturated carbocycles. The van der Waals surface area contributed by atoms with Gasteiger partial charge in [-0.25, -0.2) is 4.98 Å². The predicted molar refractivity (Wildman–Crippen MR) is 61.3 cm³/mol. The molecule has 0 atom stereocenters. The molecule has 0 aliphatic carbocycles. The van der Waals surface area contributed by atoms with Crippen molar-refractivity contribution in [1.29, 1.82) is 5.41 Å². The highest BCUT2D eigenvalue weighted by Crippen LogP contribution is 2.17. The Labute approximate surface area is 89.6 Å². The van der Waals surface area contributed by atoms with Gasteiger partial charge >= 0.3 is 0 Å². The number of hydrogen-bond donors (Lipinski definition) is 2. The van der Waals surface area contributed by atoms with Crippen LogP contribution in [0.3, 0.4) is 0 Å². The number of nitrogens with zero attached hydrogens (tertiary/aromatic N) is 2. The van der Waals surface area contributed by atoms with Crippen molar-refractivity contribution < 1.29 is 0 Å². The number of anilines is 1. The summed E-state index contributed by atoms with van der Waals surface area (Å²) in [5.74, 6) is 1.08. The molecule has 2 rings (SSSR count). The van der Waals surface area contributed by atoms with E-state index in [0.29, 0.717) is 5.56 Å². The van der Waals surface area contributed by atoms with E-state index in [1.54, 1.807) is 6.20 Å². The number of nitrogen functional groups attached to an aromatic ring is 1. The third-order valence-corrected chi connectivity index (χ3v) is 2.74. The normalized spacial score (nSPS) is 16.4. The summed E-state index contributed by atoms with van der Waals surface area (Å²) in [7, 11) is 0. The first kappa shape index (κ1) is 9.96. The summed E-state index contributed by atoms with van der Waals surface area (Å²) in [6.45, 7) is 2.18. The average molecular weight is 204 g/mol. The Morgan fingerprint density at radius 3 is 2.53 bits per heavy atom. The van der Waals surface area contributed by atoms with Crippen LogP contribution in [0, 0.1) is 5.41 Å². The summed E-state index contributed by atoms with van der Waals surface area (Å²) in [5, 5.41) is 7.27. The average Bonchev–Trinajstić information content (AvgIpc) is 2.30. The van der Waals surface area contributed by atoms with E-state index in [1.807, 2.05) is 12.1 Å². The summed E-state index contributed by atoms with van der Waals surface area (Å²) >= 11 is 0. The van der Waals surface area contributed by atoms with Gasteiger partial charge in [-0.15, -0.1) is 0 Å². The smallest absolute Gasteiger partial charge is 0.128 e. The van der Waals surface area contributed by atoms with Crippen LogP contribution in [0.1, 0.15) is 24.8 Å². The van der Waals surface area contributed by atoms with Gasteiger partial charge in [0.15, 0.2) is 0 Å². The van der Waals surface area contributed by atoms with Gasteiger partial charge in [0.05, 0.1) is 0 Å². The second-order valence-corrected chi connectivity index (χ2v) is 3.87. The summed E-state index contributed by atoms with van der Waals surface area (Å²) in [5.41, 5.74) is 6.06. The van der Waals surface area contributed by atoms with Gasteiger partial charge in [-0.3, -0.25) is 5.41 Å². The summed E-state index contributed by atoms with van der Waals surface area (Å²) in [6.07, 6.45) is 5.49. The van der Waals surface area contributed by atoms with E-state index in [1.165, 1.54) is 19.3 Å². The number of nitrogens with one attached hydrogen (secondary N) is 1. The third-order valence-electron chi connectivity index (χ3n) is 2.74. The zero-order chi connectivity index (χ0) is 10.7. The van der Waals surface area contributed by atoms with E-state index in [9.17, 15) is 0 Å². The quantitative estimate of drug-likeness (QED) is 0.564. The number of pyridine rings is 1. The number of hydrogen-bond acceptors (Lipinski definition) is 3. The van der Waals surface area contributed by atoms with Crippen LogP contribution in [0.4, 0.5) is 5.82 Å². The topological polar surface area (TPSA) is 66.0 Å². The van der Waals surface area contributed by atoms with Gasteiger partial charge < -0.3 is 10.6 Å². The van der Waals surface area contributed by atoms with Crippen LogP contribution in [-0.4, -0.2) is 23.9 Å². The molecule has 4 heteroatoms. The molecule has 3 N–H and O–H groups in total. The van der Waals surface area contributed by atoms with Crippen molar-refractivity contribution in [1.82, 2.24) is 4.98 Å². The van der Waals surface area contributed by atoms with Gasteiger partial charge in [0, 0.05) is 24.8 Å². The summed E-state index contributed by atoms with van der Waals surface area (Å²) in [6, 6.07) is 3.81. The van der Waals surface area contributed by atoms with Crippen molar-refractivity contribution in [2.24, 2.45) is 5.73 Å². The lowest BCUT2D eigenvalue weighted by molar-refractivity contribution is 0.573. The van der Waals surface area contributed by atoms with Gasteiger partial charge in [-0.1, -0.05) is 0 Å². The van der Waals surface area contributed by atoms with Crippen molar-refractivity contribution >= 4 is 11.7 Å². The highest BCUT2D eigenvalue weighted by atomic mass is 15.2. The summed E-state index contributed by atoms with van der Waals surface area (Å²) in [4.78, 5) is 6.61. The van der Waals surface area contributed by atoms with Gasteiger partial charge in [0.1, 0.15) is 11.7 Å². The molecule has 1 aromatic rings. The van der Waals surface area contributed by atoms with Crippen LogP contribution in [0.15, 0.2) is 18.3 Å². The van der Waals surface area contributed by atoms with E-state index < -0.39 is 0 Å². The van der Waals surface area contributed by atoms with Crippen molar-refractivity contribution in [2.75, 3.05) is 18.0 Å². The number of amidine groups is 1. The van der Waals surface area contributed by atoms with Crippen LogP contribution in [0.25, 0.3) is 0 Å². The van der Waals surface area contributed by atoms with Crippen molar-refractivity contribution in [3.8, 4) is 0 Å². The highest BCUT2D eigenvalue weighted by Gasteiger charge is 2.11. The Bertz CT molecular complexity index is 338. The molecule has 1 aliphatic rings. The molecule has 1 aliphatic heterocycles. The molecule has 1 aromatic heterocycles. The van der Waals surface area contributed by atoms with Crippen LogP contribution < -0.4 is 10.6 Å². The maximum absolute atomic E-state index is 7.27. The minimum atomic E-state index is 0.0766. The number of piperidine rings is 1. The van der Waals surface area contributed by atoms with Crippen LogP contribution in [0.2, 0.25) is 0 Å². The fraction of sp³-hybridized carbons (Fsp3) is 0.455. The van der Waals surface area contributed by atoms with Crippen molar-refractivity contribution in [3.05, 3.63) is 23.9 Å². The van der Waals surface area contributed by atoms with Crippen LogP contribution >= 0.6 is 0 Å². The van der Waals surface area contributed by atoms with E-state index in [-0.39, 0.29) is 5.84 Å². The van der Waals surface area contributed by atoms with E-state index in [0.717, 1.165) is 18.9 Å². The minimum Gasteiger partial charge on any atom is -0.384 e. The Hall–Kier alpha value is -1.58. The Morgan fingerprint density at radius 2 is 2.00 bits per heavy atom. The van der Waals surface area contributed by atoms with Crippen LogP contribution in [0.5, 0.6) is 0 Å². The van der Waals surface area contributed by atoms with Gasteiger partial charge in [0.25, 0.3) is 0 Å². The zero-order valence-electron chi connectivity index (χ0n) is 8.74. The molecule has 80 valence electrons. The lowest BCUT2D eigenvalue weighted by atomic mass is 10.1. The molecule has 0 amide bonds. The monoisotopic (exact) mass is 204 g/mol. The lowest BCUT2D eigenvalue weighted by Crippen LogP contribution is -2.30. The fourth-order valence-electron chi connectivity index (χ4n) is 1.86. The maximum Gasteiger partial charge on any atom is 0.128 e. The molecular formula is C11H16N4. The first-order valence-corrected chi connectivity index (χ1v) is 5.33. The van der Waals surface area contributed by atoms with Gasteiger partial charge in [0.2, 0.25) is 0 Å². The SMILES string of the molecule is N=C(N)c1ccc(N2CCCCC2)nc1. The summed E-state index contributed by atoms with van der Waals surface area (Å²) < 4.78 is 0. The van der Waals surface area contributed by atoms with Gasteiger partial charge in [-0.2, -0.15) is 0 Å². The zero-order valence-corrected chi connectivity index (χ0v) is 8.74. The molecule has 0 bridgehead atoms.